The summed E-state index contributed by atoms with van der Waals surface area (Å²) in [6.45, 7) is 7.80. The summed E-state index contributed by atoms with van der Waals surface area (Å²) in [4.78, 5) is 4.84. The molecule has 0 spiro atoms. The fourth-order valence-electron chi connectivity index (χ4n) is 3.93. The molecule has 1 saturated heterocycles. The zero-order chi connectivity index (χ0) is 21.5. The number of hydrogen-bond acceptors (Lipinski definition) is 5. The molecule has 4 rings (SSSR count). The zero-order valence-corrected chi connectivity index (χ0v) is 18.8. The highest BCUT2D eigenvalue weighted by Crippen LogP contribution is 2.35. The molecule has 7 heteroatoms. The van der Waals surface area contributed by atoms with Gasteiger partial charge in [-0.1, -0.05) is 26.0 Å². The highest BCUT2D eigenvalue weighted by atomic mass is 32.2. The van der Waals surface area contributed by atoms with E-state index in [1.54, 1.807) is 25.4 Å². The van der Waals surface area contributed by atoms with Crippen LogP contribution in [0.5, 0.6) is 5.75 Å². The second-order valence-electron chi connectivity index (χ2n) is 8.21. The zero-order valence-electron chi connectivity index (χ0n) is 18.0. The number of aromatic nitrogens is 1. The monoisotopic (exact) mass is 427 g/mol. The molecule has 0 saturated carbocycles. The standard InChI is InChI=1S/C23H29N3O3S/c1-17(2)18-5-8-20(9-6-18)30(27,28)26-16-23(25-13-11-24(3)12-14-25)21-15-19(29-4)7-10-22(21)26/h5-10,15-17H,11-14H2,1-4H3. The van der Waals surface area contributed by atoms with Gasteiger partial charge >= 0.3 is 0 Å². The normalized spacial score (nSPS) is 15.8. The molecule has 1 fully saturated rings. The van der Waals surface area contributed by atoms with E-state index in [-0.39, 0.29) is 0 Å². The van der Waals surface area contributed by atoms with Crippen LogP contribution in [0.2, 0.25) is 0 Å². The van der Waals surface area contributed by atoms with E-state index in [0.29, 0.717) is 22.1 Å². The third kappa shape index (κ3) is 3.68. The first-order chi connectivity index (χ1) is 14.3. The molecule has 2 aromatic carbocycles. The van der Waals surface area contributed by atoms with Crippen LogP contribution in [0.1, 0.15) is 25.3 Å². The van der Waals surface area contributed by atoms with Gasteiger partial charge in [-0.25, -0.2) is 12.4 Å². The Hall–Kier alpha value is -2.51. The van der Waals surface area contributed by atoms with Crippen molar-refractivity contribution in [3.63, 3.8) is 0 Å². The molecule has 1 aliphatic heterocycles. The van der Waals surface area contributed by atoms with Crippen molar-refractivity contribution in [1.29, 1.82) is 0 Å². The Kier molecular flexibility index (Phi) is 5.51. The van der Waals surface area contributed by atoms with Gasteiger partial charge in [-0.3, -0.25) is 0 Å². The smallest absolute Gasteiger partial charge is 0.268 e. The summed E-state index contributed by atoms with van der Waals surface area (Å²) in [5, 5.41) is 0.890. The van der Waals surface area contributed by atoms with E-state index in [9.17, 15) is 8.42 Å². The summed E-state index contributed by atoms with van der Waals surface area (Å²) in [6, 6.07) is 12.8. The number of ether oxygens (including phenoxy) is 1. The summed E-state index contributed by atoms with van der Waals surface area (Å²) in [5.74, 6) is 1.07. The molecule has 0 bridgehead atoms. The van der Waals surface area contributed by atoms with E-state index in [0.717, 1.165) is 42.8 Å². The number of hydrogen-bond donors (Lipinski definition) is 0. The maximum absolute atomic E-state index is 13.5. The van der Waals surface area contributed by atoms with Crippen molar-refractivity contribution < 1.29 is 13.2 Å². The van der Waals surface area contributed by atoms with Crippen LogP contribution in [-0.2, 0) is 10.0 Å². The Morgan fingerprint density at radius 3 is 2.23 bits per heavy atom. The molecule has 1 aliphatic rings. The van der Waals surface area contributed by atoms with Crippen molar-refractivity contribution in [2.45, 2.75) is 24.7 Å². The van der Waals surface area contributed by atoms with Gasteiger partial charge in [-0.15, -0.1) is 0 Å². The number of nitrogens with zero attached hydrogens (tertiary/aromatic N) is 3. The molecule has 1 aromatic heterocycles. The second-order valence-corrected chi connectivity index (χ2v) is 10.0. The summed E-state index contributed by atoms with van der Waals surface area (Å²) >= 11 is 0. The number of methoxy groups -OCH3 is 1. The van der Waals surface area contributed by atoms with Crippen molar-refractivity contribution >= 4 is 26.6 Å². The van der Waals surface area contributed by atoms with Gasteiger partial charge in [0.15, 0.2) is 0 Å². The van der Waals surface area contributed by atoms with Gasteiger partial charge in [-0.05, 0) is 48.9 Å². The third-order valence-electron chi connectivity index (χ3n) is 5.90. The van der Waals surface area contributed by atoms with Gasteiger partial charge in [-0.2, -0.15) is 0 Å². The summed E-state index contributed by atoms with van der Waals surface area (Å²) in [6.07, 6.45) is 1.76. The number of likely N-dealkylation sites (N-methyl/N-ethyl adjacent to an activating group) is 1. The lowest BCUT2D eigenvalue weighted by Crippen LogP contribution is -2.44. The predicted molar refractivity (Wildman–Crippen MR) is 121 cm³/mol. The van der Waals surface area contributed by atoms with Crippen molar-refractivity contribution in [3.8, 4) is 5.75 Å². The SMILES string of the molecule is COc1ccc2c(c1)c(N1CCN(C)CC1)cn2S(=O)(=O)c1ccc(C(C)C)cc1. The van der Waals surface area contributed by atoms with Gasteiger partial charge in [0.25, 0.3) is 10.0 Å². The first-order valence-electron chi connectivity index (χ1n) is 10.3. The molecule has 0 atom stereocenters. The van der Waals surface area contributed by atoms with E-state index < -0.39 is 10.0 Å². The Morgan fingerprint density at radius 2 is 1.63 bits per heavy atom. The molecule has 0 unspecified atom stereocenters. The average Bonchev–Trinajstić information content (AvgIpc) is 3.14. The van der Waals surface area contributed by atoms with Crippen LogP contribution in [0.3, 0.4) is 0 Å². The first-order valence-corrected chi connectivity index (χ1v) is 11.7. The van der Waals surface area contributed by atoms with Gasteiger partial charge in [0, 0.05) is 37.8 Å². The van der Waals surface area contributed by atoms with Gasteiger partial charge < -0.3 is 14.5 Å². The van der Waals surface area contributed by atoms with Crippen LogP contribution in [0.4, 0.5) is 5.69 Å². The molecule has 0 amide bonds. The summed E-state index contributed by atoms with van der Waals surface area (Å²) < 4.78 is 33.9. The third-order valence-corrected chi connectivity index (χ3v) is 7.59. The maximum Gasteiger partial charge on any atom is 0.268 e. The van der Waals surface area contributed by atoms with Crippen molar-refractivity contribution in [2.75, 3.05) is 45.2 Å². The minimum absolute atomic E-state index is 0.296. The molecular formula is C23H29N3O3S. The lowest BCUT2D eigenvalue weighted by molar-refractivity contribution is 0.313. The Labute approximate surface area is 178 Å². The molecule has 6 nitrogen and oxygen atoms in total. The summed E-state index contributed by atoms with van der Waals surface area (Å²) in [7, 11) is 0.0143. The van der Waals surface area contributed by atoms with E-state index in [1.165, 1.54) is 3.97 Å². The van der Waals surface area contributed by atoms with Crippen LogP contribution in [0, 0.1) is 0 Å². The molecule has 2 heterocycles. The lowest BCUT2D eigenvalue weighted by atomic mass is 10.0. The van der Waals surface area contributed by atoms with E-state index in [1.807, 2.05) is 30.3 Å². The van der Waals surface area contributed by atoms with Gasteiger partial charge in [0.1, 0.15) is 5.75 Å². The Morgan fingerprint density at radius 1 is 0.967 bits per heavy atom. The molecule has 0 aliphatic carbocycles. The van der Waals surface area contributed by atoms with E-state index >= 15 is 0 Å². The van der Waals surface area contributed by atoms with Crippen LogP contribution in [0.15, 0.2) is 53.6 Å². The predicted octanol–water partition coefficient (Wildman–Crippen LogP) is 3.76. The molecule has 0 N–H and O–H groups in total. The van der Waals surface area contributed by atoms with E-state index in [4.69, 9.17) is 4.74 Å². The first kappa shape index (κ1) is 20.8. The quantitative estimate of drug-likeness (QED) is 0.621. The number of benzene rings is 2. The molecule has 3 aromatic rings. The van der Waals surface area contributed by atoms with E-state index in [2.05, 4.69) is 30.7 Å². The van der Waals surface area contributed by atoms with Gasteiger partial charge in [0.2, 0.25) is 0 Å². The van der Waals surface area contributed by atoms with Crippen LogP contribution >= 0.6 is 0 Å². The largest absolute Gasteiger partial charge is 0.497 e. The molecular weight excluding hydrogens is 398 g/mol. The minimum atomic E-state index is -3.72. The topological polar surface area (TPSA) is 54.8 Å². The van der Waals surface area contributed by atoms with Crippen molar-refractivity contribution in [2.24, 2.45) is 0 Å². The van der Waals surface area contributed by atoms with Crippen molar-refractivity contribution in [3.05, 3.63) is 54.2 Å². The maximum atomic E-state index is 13.5. The van der Waals surface area contributed by atoms with Crippen LogP contribution in [0.25, 0.3) is 10.9 Å². The Bertz CT molecular complexity index is 1140. The molecule has 30 heavy (non-hydrogen) atoms. The lowest BCUT2D eigenvalue weighted by Gasteiger charge is -2.33. The fourth-order valence-corrected chi connectivity index (χ4v) is 5.29. The average molecular weight is 428 g/mol. The number of piperazine rings is 1. The Balaban J connectivity index is 1.84. The highest BCUT2D eigenvalue weighted by Gasteiger charge is 2.25. The van der Waals surface area contributed by atoms with Gasteiger partial charge in [0.05, 0.1) is 23.2 Å². The van der Waals surface area contributed by atoms with Crippen LogP contribution < -0.4 is 9.64 Å². The van der Waals surface area contributed by atoms with Crippen molar-refractivity contribution in [1.82, 2.24) is 8.87 Å². The summed E-state index contributed by atoms with van der Waals surface area (Å²) in [5.41, 5.74) is 2.71. The number of fused-ring (bicyclic) bond motifs is 1. The number of anilines is 1. The number of rotatable bonds is 5. The highest BCUT2D eigenvalue weighted by molar-refractivity contribution is 7.90. The second kappa shape index (κ2) is 7.96. The minimum Gasteiger partial charge on any atom is -0.497 e. The fraction of sp³-hybridized carbons (Fsp3) is 0.391. The molecule has 0 radical (unpaired) electrons. The molecule has 160 valence electrons. The van der Waals surface area contributed by atoms with Crippen LogP contribution in [-0.4, -0.2) is 57.6 Å².